The molecule has 0 aromatic carbocycles. The minimum atomic E-state index is -0.419. The summed E-state index contributed by atoms with van der Waals surface area (Å²) in [5.74, 6) is 0.283. The molecule has 2 saturated carbocycles. The molecule has 0 aromatic heterocycles. The van der Waals surface area contributed by atoms with Crippen molar-refractivity contribution in [3.05, 3.63) is 0 Å². The van der Waals surface area contributed by atoms with Crippen molar-refractivity contribution in [1.29, 1.82) is 0 Å². The lowest BCUT2D eigenvalue weighted by Crippen LogP contribution is -2.59. The zero-order valence-corrected chi connectivity index (χ0v) is 13.3. The summed E-state index contributed by atoms with van der Waals surface area (Å²) in [5.41, 5.74) is 5.36. The number of nitrogens with two attached hydrogens (primary N) is 1. The maximum Gasteiger partial charge on any atom is 0.238 e. The quantitative estimate of drug-likeness (QED) is 0.714. The molecule has 2 aliphatic carbocycles. The number of rotatable bonds is 8. The van der Waals surface area contributed by atoms with Gasteiger partial charge >= 0.3 is 0 Å². The monoisotopic (exact) mass is 281 g/mol. The molecular weight excluding hydrogens is 250 g/mol. The Balaban J connectivity index is 1.95. The molecule has 0 spiro atoms. The maximum atomic E-state index is 12.1. The molecule has 116 valence electrons. The second-order valence-electron chi connectivity index (χ2n) is 6.87. The molecule has 0 heterocycles. The van der Waals surface area contributed by atoms with E-state index >= 15 is 0 Å². The largest absolute Gasteiger partial charge is 0.368 e. The fourth-order valence-electron chi connectivity index (χ4n) is 3.54. The molecule has 4 nitrogen and oxygen atoms in total. The van der Waals surface area contributed by atoms with Crippen LogP contribution in [0.5, 0.6) is 0 Å². The van der Waals surface area contributed by atoms with Crippen LogP contribution < -0.4 is 11.1 Å². The topological polar surface area (TPSA) is 58.4 Å². The van der Waals surface area contributed by atoms with Crippen molar-refractivity contribution < 1.29 is 4.79 Å². The van der Waals surface area contributed by atoms with E-state index in [0.717, 1.165) is 32.2 Å². The third kappa shape index (κ3) is 3.34. The molecule has 2 rings (SSSR count). The fraction of sp³-hybridized carbons (Fsp3) is 0.938. The highest BCUT2D eigenvalue weighted by Gasteiger charge is 2.49. The minimum Gasteiger partial charge on any atom is -0.368 e. The summed E-state index contributed by atoms with van der Waals surface area (Å²) in [6, 6.07) is 1.14. The molecule has 1 amide bonds. The van der Waals surface area contributed by atoms with Crippen LogP contribution >= 0.6 is 0 Å². The summed E-state index contributed by atoms with van der Waals surface area (Å²) in [5, 5.41) is 3.59. The molecule has 2 aliphatic rings. The predicted octanol–water partition coefficient (Wildman–Crippen LogP) is 1.88. The van der Waals surface area contributed by atoms with E-state index in [-0.39, 0.29) is 5.91 Å². The zero-order valence-electron chi connectivity index (χ0n) is 13.3. The van der Waals surface area contributed by atoms with Gasteiger partial charge in [0.25, 0.3) is 0 Å². The van der Waals surface area contributed by atoms with E-state index in [4.69, 9.17) is 5.73 Å². The number of carbonyl (C=O) groups is 1. The number of primary amides is 1. The lowest BCUT2D eigenvalue weighted by Gasteiger charge is -2.35. The number of hydrogen-bond donors (Lipinski definition) is 2. The first kappa shape index (κ1) is 15.8. The van der Waals surface area contributed by atoms with E-state index < -0.39 is 5.54 Å². The molecule has 3 unspecified atom stereocenters. The van der Waals surface area contributed by atoms with Gasteiger partial charge in [-0.3, -0.25) is 4.79 Å². The summed E-state index contributed by atoms with van der Waals surface area (Å²) in [6.07, 6.45) is 7.84. The number of amides is 1. The van der Waals surface area contributed by atoms with Gasteiger partial charge in [-0.25, -0.2) is 0 Å². The SMILES string of the molecule is CCC(C)N(C)CCC1CCCC1(NC1CC1)C(N)=O. The molecule has 0 radical (unpaired) electrons. The Labute approximate surface area is 123 Å². The highest BCUT2D eigenvalue weighted by Crippen LogP contribution is 2.40. The second kappa shape index (κ2) is 6.44. The first-order valence-corrected chi connectivity index (χ1v) is 8.27. The van der Waals surface area contributed by atoms with Crippen molar-refractivity contribution >= 4 is 5.91 Å². The van der Waals surface area contributed by atoms with Crippen molar-refractivity contribution in [3.63, 3.8) is 0 Å². The molecule has 3 atom stereocenters. The van der Waals surface area contributed by atoms with E-state index in [1.165, 1.54) is 19.3 Å². The van der Waals surface area contributed by atoms with Gasteiger partial charge in [-0.1, -0.05) is 13.3 Å². The van der Waals surface area contributed by atoms with Crippen LogP contribution in [0.2, 0.25) is 0 Å². The van der Waals surface area contributed by atoms with Crippen LogP contribution in [0.3, 0.4) is 0 Å². The third-order valence-electron chi connectivity index (χ3n) is 5.47. The van der Waals surface area contributed by atoms with E-state index in [2.05, 4.69) is 31.1 Å². The van der Waals surface area contributed by atoms with Crippen LogP contribution in [0.15, 0.2) is 0 Å². The van der Waals surface area contributed by atoms with Crippen molar-refractivity contribution in [2.24, 2.45) is 11.7 Å². The maximum absolute atomic E-state index is 12.1. The molecule has 2 fully saturated rings. The van der Waals surface area contributed by atoms with E-state index in [0.29, 0.717) is 18.0 Å². The van der Waals surface area contributed by atoms with Crippen molar-refractivity contribution in [2.75, 3.05) is 13.6 Å². The van der Waals surface area contributed by atoms with Gasteiger partial charge in [-0.05, 0) is 65.0 Å². The molecular formula is C16H31N3O. The second-order valence-corrected chi connectivity index (χ2v) is 6.87. The van der Waals surface area contributed by atoms with Gasteiger partial charge in [-0.15, -0.1) is 0 Å². The zero-order chi connectivity index (χ0) is 14.8. The molecule has 20 heavy (non-hydrogen) atoms. The Bertz CT molecular complexity index is 343. The number of nitrogens with one attached hydrogen (secondary N) is 1. The van der Waals surface area contributed by atoms with Crippen LogP contribution in [-0.4, -0.2) is 42.0 Å². The number of nitrogens with zero attached hydrogens (tertiary/aromatic N) is 1. The Kier molecular flexibility index (Phi) is 5.08. The van der Waals surface area contributed by atoms with Gasteiger partial charge in [0.2, 0.25) is 5.91 Å². The molecule has 0 aromatic rings. The van der Waals surface area contributed by atoms with Crippen LogP contribution in [0.1, 0.15) is 58.8 Å². The molecule has 0 saturated heterocycles. The molecule has 4 heteroatoms. The highest BCUT2D eigenvalue weighted by molar-refractivity contribution is 5.85. The molecule has 0 aliphatic heterocycles. The first-order chi connectivity index (χ1) is 9.49. The highest BCUT2D eigenvalue weighted by atomic mass is 16.1. The van der Waals surface area contributed by atoms with Crippen LogP contribution in [0, 0.1) is 5.92 Å². The van der Waals surface area contributed by atoms with Gasteiger partial charge < -0.3 is 16.0 Å². The number of carbonyl (C=O) groups excluding carboxylic acids is 1. The predicted molar refractivity (Wildman–Crippen MR) is 82.4 cm³/mol. The Morgan fingerprint density at radius 3 is 2.70 bits per heavy atom. The molecule has 3 N–H and O–H groups in total. The van der Waals surface area contributed by atoms with Crippen LogP contribution in [0.4, 0.5) is 0 Å². The van der Waals surface area contributed by atoms with Gasteiger partial charge in [0.05, 0.1) is 0 Å². The van der Waals surface area contributed by atoms with Crippen LogP contribution in [0.25, 0.3) is 0 Å². The summed E-state index contributed by atoms with van der Waals surface area (Å²) in [4.78, 5) is 14.5. The first-order valence-electron chi connectivity index (χ1n) is 8.27. The van der Waals surface area contributed by atoms with Crippen LogP contribution in [-0.2, 0) is 4.79 Å². The standard InChI is InChI=1S/C16H31N3O/c1-4-12(2)19(3)11-9-13-6-5-10-16(13,15(17)20)18-14-7-8-14/h12-14,18H,4-11H2,1-3H3,(H2,17,20). The van der Waals surface area contributed by atoms with E-state index in [1.54, 1.807) is 0 Å². The summed E-state index contributed by atoms with van der Waals surface area (Å²) >= 11 is 0. The Hall–Kier alpha value is -0.610. The molecule has 0 bridgehead atoms. The lowest BCUT2D eigenvalue weighted by molar-refractivity contribution is -0.126. The van der Waals surface area contributed by atoms with E-state index in [1.807, 2.05) is 0 Å². The Morgan fingerprint density at radius 1 is 1.45 bits per heavy atom. The number of hydrogen-bond acceptors (Lipinski definition) is 3. The smallest absolute Gasteiger partial charge is 0.238 e. The summed E-state index contributed by atoms with van der Waals surface area (Å²) in [7, 11) is 2.18. The van der Waals surface area contributed by atoms with Gasteiger partial charge in [-0.2, -0.15) is 0 Å². The minimum absolute atomic E-state index is 0.127. The third-order valence-corrected chi connectivity index (χ3v) is 5.47. The van der Waals surface area contributed by atoms with Gasteiger partial charge in [0.15, 0.2) is 0 Å². The van der Waals surface area contributed by atoms with Gasteiger partial charge in [0, 0.05) is 12.1 Å². The average molecular weight is 281 g/mol. The van der Waals surface area contributed by atoms with Crippen molar-refractivity contribution in [3.8, 4) is 0 Å². The summed E-state index contributed by atoms with van der Waals surface area (Å²) in [6.45, 7) is 5.54. The fourth-order valence-corrected chi connectivity index (χ4v) is 3.54. The van der Waals surface area contributed by atoms with Crippen molar-refractivity contribution in [1.82, 2.24) is 10.2 Å². The van der Waals surface area contributed by atoms with Crippen molar-refractivity contribution in [2.45, 2.75) is 76.4 Å². The summed E-state index contributed by atoms with van der Waals surface area (Å²) < 4.78 is 0. The van der Waals surface area contributed by atoms with E-state index in [9.17, 15) is 4.79 Å². The average Bonchev–Trinajstić information content (AvgIpc) is 3.14. The Morgan fingerprint density at radius 2 is 2.15 bits per heavy atom. The lowest BCUT2D eigenvalue weighted by atomic mass is 9.83. The van der Waals surface area contributed by atoms with Gasteiger partial charge in [0.1, 0.15) is 5.54 Å². The normalized spacial score (nSPS) is 31.7.